The highest BCUT2D eigenvalue weighted by atomic mass is 16.5. The Hall–Kier alpha value is -0.650. The zero-order valence-corrected chi connectivity index (χ0v) is 12.3. The van der Waals surface area contributed by atoms with Crippen molar-refractivity contribution in [1.82, 2.24) is 15.1 Å². The maximum atomic E-state index is 12.6. The minimum atomic E-state index is -0.422. The molecule has 0 saturated carbocycles. The number of hydrogen-bond donors (Lipinski definition) is 1. The molecule has 0 amide bonds. The van der Waals surface area contributed by atoms with Crippen LogP contribution in [0.2, 0.25) is 0 Å². The van der Waals surface area contributed by atoms with E-state index < -0.39 is 5.54 Å². The highest BCUT2D eigenvalue weighted by Crippen LogP contribution is 2.29. The quantitative estimate of drug-likeness (QED) is 0.747. The third kappa shape index (κ3) is 3.27. The average molecular weight is 269 g/mol. The molecule has 0 bridgehead atoms. The molecule has 0 aliphatic carbocycles. The molecule has 2 saturated heterocycles. The largest absolute Gasteiger partial charge is 0.465 e. The van der Waals surface area contributed by atoms with E-state index in [0.29, 0.717) is 6.61 Å². The lowest BCUT2D eigenvalue weighted by Gasteiger charge is -2.46. The lowest BCUT2D eigenvalue weighted by Crippen LogP contribution is -2.63. The van der Waals surface area contributed by atoms with Gasteiger partial charge in [0.05, 0.1) is 6.61 Å². The van der Waals surface area contributed by atoms with Crippen LogP contribution < -0.4 is 5.32 Å². The van der Waals surface area contributed by atoms with Crippen molar-refractivity contribution < 1.29 is 9.53 Å². The molecule has 2 heterocycles. The number of carbonyl (C=O) groups is 1. The molecule has 1 unspecified atom stereocenters. The van der Waals surface area contributed by atoms with E-state index in [4.69, 9.17) is 4.74 Å². The van der Waals surface area contributed by atoms with Crippen LogP contribution in [0.4, 0.5) is 0 Å². The normalized spacial score (nSPS) is 30.8. The Kier molecular flexibility index (Phi) is 5.19. The van der Waals surface area contributed by atoms with Crippen LogP contribution in [0.15, 0.2) is 0 Å². The first-order chi connectivity index (χ1) is 9.19. The number of likely N-dealkylation sites (N-methyl/N-ethyl adjacent to an activating group) is 1. The van der Waals surface area contributed by atoms with Crippen LogP contribution in [0.25, 0.3) is 0 Å². The van der Waals surface area contributed by atoms with Crippen molar-refractivity contribution in [3.05, 3.63) is 0 Å². The van der Waals surface area contributed by atoms with Crippen molar-refractivity contribution in [1.29, 1.82) is 0 Å². The Labute approximate surface area is 116 Å². The van der Waals surface area contributed by atoms with Crippen LogP contribution in [-0.4, -0.2) is 74.2 Å². The molecule has 2 aliphatic rings. The molecule has 1 atom stereocenters. The summed E-state index contributed by atoms with van der Waals surface area (Å²) in [6.45, 7) is 8.17. The highest BCUT2D eigenvalue weighted by Gasteiger charge is 2.47. The van der Waals surface area contributed by atoms with E-state index in [1.807, 2.05) is 6.92 Å². The van der Waals surface area contributed by atoms with Crippen LogP contribution in [0.3, 0.4) is 0 Å². The smallest absolute Gasteiger partial charge is 0.327 e. The van der Waals surface area contributed by atoms with E-state index >= 15 is 0 Å². The minimum Gasteiger partial charge on any atom is -0.465 e. The lowest BCUT2D eigenvalue weighted by molar-refractivity contribution is -0.162. The van der Waals surface area contributed by atoms with E-state index in [2.05, 4.69) is 22.2 Å². The van der Waals surface area contributed by atoms with Gasteiger partial charge in [0.15, 0.2) is 0 Å². The van der Waals surface area contributed by atoms with Gasteiger partial charge in [-0.05, 0) is 46.3 Å². The van der Waals surface area contributed by atoms with Crippen molar-refractivity contribution in [2.45, 2.75) is 31.7 Å². The van der Waals surface area contributed by atoms with Crippen molar-refractivity contribution in [3.63, 3.8) is 0 Å². The van der Waals surface area contributed by atoms with E-state index in [1.54, 1.807) is 0 Å². The second-order valence-electron chi connectivity index (χ2n) is 5.68. The third-order valence-corrected chi connectivity index (χ3v) is 4.26. The summed E-state index contributed by atoms with van der Waals surface area (Å²) in [6.07, 6.45) is 3.10. The summed E-state index contributed by atoms with van der Waals surface area (Å²) < 4.78 is 5.40. The number of piperidine rings is 1. The van der Waals surface area contributed by atoms with Crippen molar-refractivity contribution in [3.8, 4) is 0 Å². The van der Waals surface area contributed by atoms with Crippen molar-refractivity contribution in [2.24, 2.45) is 0 Å². The van der Waals surface area contributed by atoms with E-state index in [9.17, 15) is 4.79 Å². The standard InChI is InChI=1S/C14H27N3O2/c1-3-19-13(18)14(6-4-9-16(2)12-14)17-10-5-7-15-8-11-17/h15H,3-12H2,1-2H3. The SMILES string of the molecule is CCOC(=O)C1(N2CCCNCC2)CCCN(C)C1. The molecule has 2 rings (SSSR count). The number of nitrogens with zero attached hydrogens (tertiary/aromatic N) is 2. The number of nitrogens with one attached hydrogen (secondary N) is 1. The minimum absolute atomic E-state index is 0.0246. The number of esters is 1. The molecule has 0 radical (unpaired) electrons. The van der Waals surface area contributed by atoms with Gasteiger partial charge in [-0.15, -0.1) is 0 Å². The Morgan fingerprint density at radius 3 is 2.84 bits per heavy atom. The van der Waals surface area contributed by atoms with Crippen LogP contribution in [0.5, 0.6) is 0 Å². The van der Waals surface area contributed by atoms with Gasteiger partial charge in [0.2, 0.25) is 0 Å². The van der Waals surface area contributed by atoms with Gasteiger partial charge in [0.25, 0.3) is 0 Å². The predicted octanol–water partition coefficient (Wildman–Crippen LogP) is 0.309. The van der Waals surface area contributed by atoms with Crippen molar-refractivity contribution >= 4 is 5.97 Å². The van der Waals surface area contributed by atoms with Crippen LogP contribution in [-0.2, 0) is 9.53 Å². The molecule has 5 nitrogen and oxygen atoms in total. The summed E-state index contributed by atoms with van der Waals surface area (Å²) in [5.74, 6) is -0.0246. The molecule has 0 aromatic carbocycles. The molecule has 0 aromatic heterocycles. The zero-order chi connectivity index (χ0) is 13.7. The molecule has 0 aromatic rings. The predicted molar refractivity (Wildman–Crippen MR) is 75.2 cm³/mol. The number of rotatable bonds is 3. The first kappa shape index (κ1) is 14.8. The van der Waals surface area contributed by atoms with Gasteiger partial charge in [-0.25, -0.2) is 4.79 Å². The van der Waals surface area contributed by atoms with Gasteiger partial charge < -0.3 is 15.0 Å². The highest BCUT2D eigenvalue weighted by molar-refractivity contribution is 5.81. The topological polar surface area (TPSA) is 44.8 Å². The van der Waals surface area contributed by atoms with Gasteiger partial charge in [-0.2, -0.15) is 0 Å². The average Bonchev–Trinajstić information content (AvgIpc) is 2.68. The number of carbonyl (C=O) groups excluding carboxylic acids is 1. The maximum Gasteiger partial charge on any atom is 0.327 e. The third-order valence-electron chi connectivity index (χ3n) is 4.26. The van der Waals surface area contributed by atoms with Gasteiger partial charge in [-0.3, -0.25) is 4.90 Å². The van der Waals surface area contributed by atoms with Crippen LogP contribution in [0.1, 0.15) is 26.2 Å². The Balaban J connectivity index is 2.18. The Bertz CT molecular complexity index is 303. The maximum absolute atomic E-state index is 12.6. The number of ether oxygens (including phenoxy) is 1. The number of likely N-dealkylation sites (tertiary alicyclic amines) is 1. The molecule has 0 spiro atoms. The van der Waals surface area contributed by atoms with E-state index in [1.165, 1.54) is 0 Å². The molecule has 2 aliphatic heterocycles. The van der Waals surface area contributed by atoms with Gasteiger partial charge >= 0.3 is 5.97 Å². The summed E-state index contributed by atoms with van der Waals surface area (Å²) >= 11 is 0. The zero-order valence-electron chi connectivity index (χ0n) is 12.3. The fourth-order valence-electron chi connectivity index (χ4n) is 3.34. The number of hydrogen-bond acceptors (Lipinski definition) is 5. The molecule has 5 heteroatoms. The first-order valence-electron chi connectivity index (χ1n) is 7.50. The van der Waals surface area contributed by atoms with Crippen LogP contribution >= 0.6 is 0 Å². The van der Waals surface area contributed by atoms with E-state index in [-0.39, 0.29) is 5.97 Å². The molecule has 19 heavy (non-hydrogen) atoms. The Morgan fingerprint density at radius 1 is 1.26 bits per heavy atom. The summed E-state index contributed by atoms with van der Waals surface area (Å²) in [7, 11) is 2.10. The van der Waals surface area contributed by atoms with Gasteiger partial charge in [0, 0.05) is 26.2 Å². The lowest BCUT2D eigenvalue weighted by atomic mass is 9.87. The fourth-order valence-corrected chi connectivity index (χ4v) is 3.34. The molecular formula is C14H27N3O2. The summed E-state index contributed by atoms with van der Waals surface area (Å²) in [5, 5.41) is 3.41. The second-order valence-corrected chi connectivity index (χ2v) is 5.68. The van der Waals surface area contributed by atoms with Gasteiger partial charge in [0.1, 0.15) is 5.54 Å². The molecule has 1 N–H and O–H groups in total. The summed E-state index contributed by atoms with van der Waals surface area (Å²) in [4.78, 5) is 17.2. The van der Waals surface area contributed by atoms with Crippen molar-refractivity contribution in [2.75, 3.05) is 52.9 Å². The monoisotopic (exact) mass is 269 g/mol. The van der Waals surface area contributed by atoms with E-state index in [0.717, 1.165) is 58.5 Å². The summed E-state index contributed by atoms with van der Waals surface area (Å²) in [5.41, 5.74) is -0.422. The summed E-state index contributed by atoms with van der Waals surface area (Å²) in [6, 6.07) is 0. The van der Waals surface area contributed by atoms with Gasteiger partial charge in [-0.1, -0.05) is 0 Å². The van der Waals surface area contributed by atoms with Crippen LogP contribution in [0, 0.1) is 0 Å². The molecule has 2 fully saturated rings. The first-order valence-corrected chi connectivity index (χ1v) is 7.50. The fraction of sp³-hybridized carbons (Fsp3) is 0.929. The molecule has 110 valence electrons. The second kappa shape index (κ2) is 6.68. The Morgan fingerprint density at radius 2 is 2.11 bits per heavy atom. The molecular weight excluding hydrogens is 242 g/mol.